The van der Waals surface area contributed by atoms with E-state index in [2.05, 4.69) is 27.4 Å². The van der Waals surface area contributed by atoms with Crippen molar-refractivity contribution in [2.75, 3.05) is 18.4 Å². The summed E-state index contributed by atoms with van der Waals surface area (Å²) in [5.41, 5.74) is 2.42. The Morgan fingerprint density at radius 3 is 2.73 bits per heavy atom. The Bertz CT molecular complexity index is 1080. The maximum Gasteiger partial charge on any atom is 0.274 e. The summed E-state index contributed by atoms with van der Waals surface area (Å²) in [5, 5.41) is 11.8. The van der Waals surface area contributed by atoms with Crippen molar-refractivity contribution in [1.29, 1.82) is 0 Å². The molecule has 30 heavy (non-hydrogen) atoms. The number of likely N-dealkylation sites (tertiary alicyclic amines) is 1. The first kappa shape index (κ1) is 20.1. The van der Waals surface area contributed by atoms with E-state index in [1.807, 2.05) is 35.9 Å². The maximum absolute atomic E-state index is 12.7. The first-order chi connectivity index (χ1) is 14.5. The van der Waals surface area contributed by atoms with Crippen LogP contribution >= 0.6 is 11.8 Å². The van der Waals surface area contributed by atoms with Crippen molar-refractivity contribution in [1.82, 2.24) is 24.6 Å². The fourth-order valence-electron chi connectivity index (χ4n) is 3.06. The lowest BCUT2D eigenvalue weighted by Crippen LogP contribution is -2.42. The second-order valence-corrected chi connectivity index (χ2v) is 8.45. The van der Waals surface area contributed by atoms with E-state index in [-0.39, 0.29) is 22.8 Å². The molecule has 2 aromatic heterocycles. The SMILES string of the molecule is C[C@H](Sc1nncn1C)c1cccc(NC(=O)c2cc(C(=O)N3CCC3)ccn2)c1. The summed E-state index contributed by atoms with van der Waals surface area (Å²) < 4.78 is 1.87. The van der Waals surface area contributed by atoms with Crippen LogP contribution in [0.1, 0.15) is 45.0 Å². The number of thioether (sulfide) groups is 1. The summed E-state index contributed by atoms with van der Waals surface area (Å²) in [4.78, 5) is 31.0. The Morgan fingerprint density at radius 1 is 1.20 bits per heavy atom. The van der Waals surface area contributed by atoms with Gasteiger partial charge < -0.3 is 14.8 Å². The minimum atomic E-state index is -0.348. The summed E-state index contributed by atoms with van der Waals surface area (Å²) in [6.45, 7) is 3.60. The Morgan fingerprint density at radius 2 is 2.03 bits per heavy atom. The Kier molecular flexibility index (Phi) is 5.80. The molecule has 1 aliphatic heterocycles. The van der Waals surface area contributed by atoms with E-state index in [0.717, 1.165) is 30.2 Å². The molecule has 1 aromatic carbocycles. The van der Waals surface area contributed by atoms with Crippen LogP contribution in [-0.2, 0) is 7.05 Å². The summed E-state index contributed by atoms with van der Waals surface area (Å²) in [6.07, 6.45) is 4.19. The van der Waals surface area contributed by atoms with E-state index in [4.69, 9.17) is 0 Å². The van der Waals surface area contributed by atoms with Crippen molar-refractivity contribution in [3.8, 4) is 0 Å². The third-order valence-electron chi connectivity index (χ3n) is 4.95. The van der Waals surface area contributed by atoms with Gasteiger partial charge in [0.25, 0.3) is 11.8 Å². The maximum atomic E-state index is 12.7. The predicted molar refractivity (Wildman–Crippen MR) is 114 cm³/mol. The molecule has 9 heteroatoms. The monoisotopic (exact) mass is 422 g/mol. The van der Waals surface area contributed by atoms with Crippen LogP contribution in [0.4, 0.5) is 5.69 Å². The van der Waals surface area contributed by atoms with Crippen LogP contribution in [0.2, 0.25) is 0 Å². The number of hydrogen-bond acceptors (Lipinski definition) is 6. The lowest BCUT2D eigenvalue weighted by molar-refractivity contribution is 0.0651. The first-order valence-corrected chi connectivity index (χ1v) is 10.6. The van der Waals surface area contributed by atoms with Gasteiger partial charge in [0.2, 0.25) is 0 Å². The van der Waals surface area contributed by atoms with Crippen molar-refractivity contribution >= 4 is 29.3 Å². The van der Waals surface area contributed by atoms with E-state index < -0.39 is 0 Å². The second kappa shape index (κ2) is 8.66. The molecule has 3 aromatic rings. The summed E-state index contributed by atoms with van der Waals surface area (Å²) in [6, 6.07) is 10.9. The normalized spacial score (nSPS) is 14.1. The molecule has 1 fully saturated rings. The highest BCUT2D eigenvalue weighted by molar-refractivity contribution is 7.99. The molecule has 2 amide bonds. The average molecular weight is 423 g/mol. The Balaban J connectivity index is 1.45. The van der Waals surface area contributed by atoms with E-state index >= 15 is 0 Å². The van der Waals surface area contributed by atoms with Crippen LogP contribution < -0.4 is 5.32 Å². The van der Waals surface area contributed by atoms with Crippen molar-refractivity contribution in [2.24, 2.45) is 7.05 Å². The molecule has 3 heterocycles. The zero-order valence-corrected chi connectivity index (χ0v) is 17.6. The predicted octanol–water partition coefficient (Wildman–Crippen LogP) is 3.16. The van der Waals surface area contributed by atoms with E-state index in [0.29, 0.717) is 11.3 Å². The zero-order chi connectivity index (χ0) is 21.1. The molecule has 4 rings (SSSR count). The average Bonchev–Trinajstić information content (AvgIpc) is 3.11. The molecular weight excluding hydrogens is 400 g/mol. The number of aromatic nitrogens is 4. The van der Waals surface area contributed by atoms with Gasteiger partial charge in [0.15, 0.2) is 5.16 Å². The Hall–Kier alpha value is -3.20. The number of nitrogens with one attached hydrogen (secondary N) is 1. The van der Waals surface area contributed by atoms with Crippen LogP contribution in [0.3, 0.4) is 0 Å². The highest BCUT2D eigenvalue weighted by Gasteiger charge is 2.22. The molecule has 154 valence electrons. The van der Waals surface area contributed by atoms with Gasteiger partial charge in [-0.05, 0) is 43.2 Å². The molecule has 0 spiro atoms. The first-order valence-electron chi connectivity index (χ1n) is 9.68. The topological polar surface area (TPSA) is 93.0 Å². The number of anilines is 1. The highest BCUT2D eigenvalue weighted by atomic mass is 32.2. The minimum Gasteiger partial charge on any atom is -0.339 e. The quantitative estimate of drug-likeness (QED) is 0.614. The Labute approximate surface area is 178 Å². The zero-order valence-electron chi connectivity index (χ0n) is 16.8. The number of rotatable bonds is 6. The van der Waals surface area contributed by atoms with Crippen molar-refractivity contribution in [3.05, 3.63) is 65.7 Å². The largest absolute Gasteiger partial charge is 0.339 e. The van der Waals surface area contributed by atoms with Crippen LogP contribution in [0.15, 0.2) is 54.1 Å². The molecule has 1 N–H and O–H groups in total. The van der Waals surface area contributed by atoms with Gasteiger partial charge in [0.1, 0.15) is 12.0 Å². The van der Waals surface area contributed by atoms with Gasteiger partial charge in [-0.3, -0.25) is 14.6 Å². The minimum absolute atomic E-state index is 0.0608. The smallest absolute Gasteiger partial charge is 0.274 e. The number of amides is 2. The number of benzene rings is 1. The molecule has 0 unspecified atom stereocenters. The summed E-state index contributed by atoms with van der Waals surface area (Å²) >= 11 is 1.59. The van der Waals surface area contributed by atoms with Gasteiger partial charge in [0, 0.05) is 42.8 Å². The summed E-state index contributed by atoms with van der Waals surface area (Å²) in [5.74, 6) is -0.409. The van der Waals surface area contributed by atoms with E-state index in [1.165, 1.54) is 6.20 Å². The molecule has 1 aliphatic rings. The third-order valence-corrected chi connectivity index (χ3v) is 6.15. The molecule has 0 radical (unpaired) electrons. The lowest BCUT2D eigenvalue weighted by atomic mass is 10.1. The van der Waals surface area contributed by atoms with E-state index in [1.54, 1.807) is 35.1 Å². The van der Waals surface area contributed by atoms with Crippen LogP contribution in [0.5, 0.6) is 0 Å². The molecule has 8 nitrogen and oxygen atoms in total. The highest BCUT2D eigenvalue weighted by Crippen LogP contribution is 2.34. The number of carbonyl (C=O) groups is 2. The second-order valence-electron chi connectivity index (χ2n) is 7.14. The van der Waals surface area contributed by atoms with Gasteiger partial charge in [-0.1, -0.05) is 23.9 Å². The van der Waals surface area contributed by atoms with E-state index in [9.17, 15) is 9.59 Å². The van der Waals surface area contributed by atoms with Crippen molar-refractivity contribution < 1.29 is 9.59 Å². The molecular formula is C21H22N6O2S. The van der Waals surface area contributed by atoms with Crippen LogP contribution in [-0.4, -0.2) is 49.6 Å². The van der Waals surface area contributed by atoms with Gasteiger partial charge in [-0.15, -0.1) is 10.2 Å². The number of aryl methyl sites for hydroxylation is 1. The van der Waals surface area contributed by atoms with Crippen molar-refractivity contribution in [2.45, 2.75) is 23.8 Å². The number of hydrogen-bond donors (Lipinski definition) is 1. The van der Waals surface area contributed by atoms with Gasteiger partial charge in [0.05, 0.1) is 0 Å². The molecule has 1 saturated heterocycles. The van der Waals surface area contributed by atoms with Crippen molar-refractivity contribution in [3.63, 3.8) is 0 Å². The lowest BCUT2D eigenvalue weighted by Gasteiger charge is -2.30. The van der Waals surface area contributed by atoms with Crippen LogP contribution in [0, 0.1) is 0 Å². The number of pyridine rings is 1. The standard InChI is InChI=1S/C21H22N6O2S/c1-14(30-21-25-23-13-26(21)2)15-5-3-6-17(11-15)24-19(28)18-12-16(7-8-22-18)20(29)27-9-4-10-27/h3,5-8,11-14H,4,9-10H2,1-2H3,(H,24,28)/t14-/m0/s1. The molecule has 0 bridgehead atoms. The van der Waals surface area contributed by atoms with Crippen LogP contribution in [0.25, 0.3) is 0 Å². The third kappa shape index (κ3) is 4.35. The van der Waals surface area contributed by atoms with Gasteiger partial charge in [-0.2, -0.15) is 0 Å². The molecule has 0 aliphatic carbocycles. The summed E-state index contributed by atoms with van der Waals surface area (Å²) in [7, 11) is 1.90. The number of nitrogens with zero attached hydrogens (tertiary/aromatic N) is 5. The molecule has 1 atom stereocenters. The molecule has 0 saturated carbocycles. The number of carbonyl (C=O) groups excluding carboxylic acids is 2. The van der Waals surface area contributed by atoms with Gasteiger partial charge >= 0.3 is 0 Å². The fraction of sp³-hybridized carbons (Fsp3) is 0.286. The van der Waals surface area contributed by atoms with Gasteiger partial charge in [-0.25, -0.2) is 0 Å². The fourth-order valence-corrected chi connectivity index (χ4v) is 3.97.